The Bertz CT molecular complexity index is 1900. The number of hydrogen-bond donors (Lipinski definition) is 3. The third-order valence-corrected chi connectivity index (χ3v) is 20.3. The Kier molecular flexibility index (Phi) is 65.9. The van der Waals surface area contributed by atoms with E-state index in [9.17, 15) is 43.2 Å². The fraction of sp³-hybridized carbons (Fsp3) is 0.949. The van der Waals surface area contributed by atoms with Gasteiger partial charge in [0.15, 0.2) is 12.2 Å². The number of esters is 4. The van der Waals surface area contributed by atoms with Gasteiger partial charge in [-0.05, 0) is 49.4 Å². The second-order valence-electron chi connectivity index (χ2n) is 29.8. The van der Waals surface area contributed by atoms with Gasteiger partial charge >= 0.3 is 39.5 Å². The summed E-state index contributed by atoms with van der Waals surface area (Å²) in [5.74, 6) is 0.924. The molecule has 0 spiro atoms. The minimum absolute atomic E-state index is 0.101. The molecule has 0 aliphatic rings. The van der Waals surface area contributed by atoms with Crippen molar-refractivity contribution in [3.63, 3.8) is 0 Å². The SMILES string of the molecule is CCC(C)CCCCCCCCCCCCCCCCCCCCC(=O)O[C@H](COC(=O)CCCCCCCCCCCCCCC(C)C)COP(=O)(O)OCC(O)COP(=O)(O)OC[C@@H](COC(=O)CCCCCCCCCCC(C)C)OC(=O)CCCCCCCCC(C)C. The Balaban J connectivity index is 5.18. The van der Waals surface area contributed by atoms with E-state index in [1.54, 1.807) is 0 Å². The summed E-state index contributed by atoms with van der Waals surface area (Å²) < 4.78 is 68.5. The first-order chi connectivity index (χ1) is 46.6. The van der Waals surface area contributed by atoms with Crippen molar-refractivity contribution in [2.45, 2.75) is 414 Å². The molecule has 0 saturated heterocycles. The Morgan fingerprint density at radius 1 is 0.289 bits per heavy atom. The van der Waals surface area contributed by atoms with Gasteiger partial charge in [-0.25, -0.2) is 9.13 Å². The Labute approximate surface area is 594 Å². The summed E-state index contributed by atoms with van der Waals surface area (Å²) in [7, 11) is -9.91. The summed E-state index contributed by atoms with van der Waals surface area (Å²) >= 11 is 0. The van der Waals surface area contributed by atoms with Gasteiger partial charge in [0, 0.05) is 25.7 Å². The lowest BCUT2D eigenvalue weighted by Crippen LogP contribution is -2.30. The fourth-order valence-corrected chi connectivity index (χ4v) is 13.5. The third kappa shape index (κ3) is 70.9. The Morgan fingerprint density at radius 2 is 0.495 bits per heavy atom. The molecular formula is C78H152O17P2. The predicted octanol–water partition coefficient (Wildman–Crippen LogP) is 22.8. The van der Waals surface area contributed by atoms with E-state index >= 15 is 0 Å². The summed E-state index contributed by atoms with van der Waals surface area (Å²) in [6, 6.07) is 0. The van der Waals surface area contributed by atoms with E-state index in [1.165, 1.54) is 199 Å². The van der Waals surface area contributed by atoms with Gasteiger partial charge in [-0.1, -0.05) is 344 Å². The number of carbonyl (C=O) groups is 4. The van der Waals surface area contributed by atoms with Crippen LogP contribution in [0.4, 0.5) is 0 Å². The van der Waals surface area contributed by atoms with E-state index < -0.39 is 97.5 Å². The zero-order chi connectivity index (χ0) is 71.7. The van der Waals surface area contributed by atoms with Crippen LogP contribution in [0.15, 0.2) is 0 Å². The Hall–Kier alpha value is -1.94. The second-order valence-corrected chi connectivity index (χ2v) is 32.7. The Morgan fingerprint density at radius 3 is 0.732 bits per heavy atom. The quantitative estimate of drug-likeness (QED) is 0.0222. The molecule has 0 saturated carbocycles. The van der Waals surface area contributed by atoms with Crippen molar-refractivity contribution in [2.24, 2.45) is 23.7 Å². The summed E-state index contributed by atoms with van der Waals surface area (Å²) in [5, 5.41) is 10.6. The average molecular weight is 1420 g/mol. The highest BCUT2D eigenvalue weighted by atomic mass is 31.2. The van der Waals surface area contributed by atoms with Crippen molar-refractivity contribution >= 4 is 39.5 Å². The van der Waals surface area contributed by atoms with E-state index in [2.05, 4.69) is 55.4 Å². The predicted molar refractivity (Wildman–Crippen MR) is 395 cm³/mol. The highest BCUT2D eigenvalue weighted by Crippen LogP contribution is 2.45. The molecule has 0 aliphatic heterocycles. The minimum atomic E-state index is -4.96. The van der Waals surface area contributed by atoms with E-state index in [1.807, 2.05) is 0 Å². The molecular weight excluding hydrogens is 1270 g/mol. The number of phosphoric ester groups is 2. The van der Waals surface area contributed by atoms with Gasteiger partial charge in [-0.15, -0.1) is 0 Å². The van der Waals surface area contributed by atoms with E-state index in [4.69, 9.17) is 37.0 Å². The first-order valence-electron chi connectivity index (χ1n) is 40.2. The largest absolute Gasteiger partial charge is 0.472 e. The topological polar surface area (TPSA) is 237 Å². The molecule has 0 rings (SSSR count). The number of phosphoric acid groups is 2. The molecule has 0 aromatic rings. The molecule has 6 atom stereocenters. The fourth-order valence-electron chi connectivity index (χ4n) is 11.9. The zero-order valence-corrected chi connectivity index (χ0v) is 65.5. The zero-order valence-electron chi connectivity index (χ0n) is 63.7. The summed E-state index contributed by atoms with van der Waals surface area (Å²) in [5.41, 5.74) is 0. The molecule has 0 amide bonds. The number of rotatable bonds is 75. The molecule has 4 unspecified atom stereocenters. The summed E-state index contributed by atoms with van der Waals surface area (Å²) in [6.07, 6.45) is 53.0. The number of aliphatic hydroxyl groups is 1. The maximum Gasteiger partial charge on any atom is 0.472 e. The molecule has 0 aliphatic carbocycles. The monoisotopic (exact) mass is 1420 g/mol. The van der Waals surface area contributed by atoms with E-state index in [0.717, 1.165) is 108 Å². The van der Waals surface area contributed by atoms with Gasteiger partial charge in [0.1, 0.15) is 19.3 Å². The standard InChI is InChI=1S/C78H152O17P2/c1-9-71(8)57-49-41-32-25-21-16-14-12-10-11-13-15-17-23-27-35-44-52-60-77(82)94-73(64-88-75(80)58-50-42-33-26-22-19-18-20-24-30-38-46-54-68(2)3)66-92-96(84,85)90-62-72(79)63-91-97(86,87)93-67-74(95-78(83)61-53-45-37-36-40-48-56-70(6)7)65-89-76(81)59-51-43-34-29-28-31-39-47-55-69(4)5/h68-74,79H,9-67H2,1-8H3,(H,84,85)(H,86,87)/t71?,72?,73-,74-/m1/s1. The van der Waals surface area contributed by atoms with Crippen LogP contribution in [0.25, 0.3) is 0 Å². The van der Waals surface area contributed by atoms with Crippen LogP contribution in [0.3, 0.4) is 0 Å². The van der Waals surface area contributed by atoms with Gasteiger partial charge in [0.25, 0.3) is 0 Å². The maximum atomic E-state index is 13.1. The van der Waals surface area contributed by atoms with Gasteiger partial charge in [-0.3, -0.25) is 37.3 Å². The van der Waals surface area contributed by atoms with E-state index in [-0.39, 0.29) is 25.7 Å². The van der Waals surface area contributed by atoms with Crippen LogP contribution in [0.2, 0.25) is 0 Å². The molecule has 0 bridgehead atoms. The lowest BCUT2D eigenvalue weighted by Gasteiger charge is -2.21. The van der Waals surface area contributed by atoms with Crippen molar-refractivity contribution < 1.29 is 80.2 Å². The number of aliphatic hydroxyl groups excluding tert-OH is 1. The minimum Gasteiger partial charge on any atom is -0.462 e. The molecule has 97 heavy (non-hydrogen) atoms. The van der Waals surface area contributed by atoms with Crippen molar-refractivity contribution in [1.29, 1.82) is 0 Å². The van der Waals surface area contributed by atoms with Crippen LogP contribution in [-0.2, 0) is 65.4 Å². The molecule has 0 fully saturated rings. The van der Waals surface area contributed by atoms with Crippen molar-refractivity contribution in [2.75, 3.05) is 39.6 Å². The number of hydrogen-bond acceptors (Lipinski definition) is 15. The second kappa shape index (κ2) is 67.2. The van der Waals surface area contributed by atoms with Crippen molar-refractivity contribution in [1.82, 2.24) is 0 Å². The van der Waals surface area contributed by atoms with Crippen LogP contribution in [0.1, 0.15) is 396 Å². The van der Waals surface area contributed by atoms with Crippen LogP contribution in [0, 0.1) is 23.7 Å². The van der Waals surface area contributed by atoms with Crippen LogP contribution in [0.5, 0.6) is 0 Å². The smallest absolute Gasteiger partial charge is 0.462 e. The van der Waals surface area contributed by atoms with Crippen LogP contribution >= 0.6 is 15.6 Å². The molecule has 0 aromatic carbocycles. The van der Waals surface area contributed by atoms with Crippen molar-refractivity contribution in [3.8, 4) is 0 Å². The maximum absolute atomic E-state index is 13.1. The van der Waals surface area contributed by atoms with Gasteiger partial charge in [0.05, 0.1) is 26.4 Å². The molecule has 3 N–H and O–H groups in total. The molecule has 576 valence electrons. The first kappa shape index (κ1) is 95.1. The molecule has 0 heterocycles. The lowest BCUT2D eigenvalue weighted by atomic mass is 9.99. The van der Waals surface area contributed by atoms with Crippen molar-refractivity contribution in [3.05, 3.63) is 0 Å². The highest BCUT2D eigenvalue weighted by molar-refractivity contribution is 7.47. The van der Waals surface area contributed by atoms with Crippen LogP contribution < -0.4 is 0 Å². The molecule has 17 nitrogen and oxygen atoms in total. The van der Waals surface area contributed by atoms with Crippen LogP contribution in [-0.4, -0.2) is 96.7 Å². The van der Waals surface area contributed by atoms with Gasteiger partial charge < -0.3 is 33.8 Å². The number of carbonyl (C=O) groups excluding carboxylic acids is 4. The van der Waals surface area contributed by atoms with Gasteiger partial charge in [-0.2, -0.15) is 0 Å². The lowest BCUT2D eigenvalue weighted by molar-refractivity contribution is -0.161. The molecule has 0 aromatic heterocycles. The van der Waals surface area contributed by atoms with Gasteiger partial charge in [0.2, 0.25) is 0 Å². The third-order valence-electron chi connectivity index (χ3n) is 18.4. The molecule has 0 radical (unpaired) electrons. The normalized spacial score (nSPS) is 14.4. The number of unbranched alkanes of at least 4 members (excludes halogenated alkanes) is 40. The van der Waals surface area contributed by atoms with E-state index in [0.29, 0.717) is 31.6 Å². The highest BCUT2D eigenvalue weighted by Gasteiger charge is 2.30. The first-order valence-corrected chi connectivity index (χ1v) is 43.2. The summed E-state index contributed by atoms with van der Waals surface area (Å²) in [4.78, 5) is 72.8. The molecule has 19 heteroatoms. The average Bonchev–Trinajstić information content (AvgIpc) is 1.57. The summed E-state index contributed by atoms with van der Waals surface area (Å²) in [6.45, 7) is 14.2. The number of ether oxygens (including phenoxy) is 4.